The van der Waals surface area contributed by atoms with E-state index < -0.39 is 11.9 Å². The number of nitrogens with one attached hydrogen (secondary N) is 1. The Hall–Kier alpha value is -1.17. The van der Waals surface area contributed by atoms with Crippen LogP contribution in [-0.4, -0.2) is 21.9 Å². The van der Waals surface area contributed by atoms with Crippen LogP contribution >= 0.6 is 11.8 Å². The van der Waals surface area contributed by atoms with E-state index in [2.05, 4.69) is 10.3 Å². The highest BCUT2D eigenvalue weighted by Crippen LogP contribution is 2.27. The maximum Gasteiger partial charge on any atom is 0.239 e. The third-order valence-corrected chi connectivity index (χ3v) is 3.67. The molecule has 1 N–H and O–H groups in total. The third kappa shape index (κ3) is 2.49. The van der Waals surface area contributed by atoms with Gasteiger partial charge in [0, 0.05) is 0 Å². The summed E-state index contributed by atoms with van der Waals surface area (Å²) in [5.41, 5.74) is -0.0705. The molecule has 0 bridgehead atoms. The Labute approximate surface area is 95.6 Å². The predicted molar refractivity (Wildman–Crippen MR) is 58.3 cm³/mol. The first-order valence-electron chi connectivity index (χ1n) is 4.91. The maximum atomic E-state index is 13.1. The minimum Gasteiger partial charge on any atom is -0.321 e. The minimum absolute atomic E-state index is 0.0705. The van der Waals surface area contributed by atoms with Gasteiger partial charge >= 0.3 is 0 Å². The van der Waals surface area contributed by atoms with Crippen molar-refractivity contribution in [2.45, 2.75) is 18.1 Å². The Kier molecular flexibility index (Phi) is 3.38. The lowest BCUT2D eigenvalue weighted by atomic mass is 10.2. The van der Waals surface area contributed by atoms with Crippen LogP contribution in [0.1, 0.15) is 12.8 Å². The van der Waals surface area contributed by atoms with Crippen LogP contribution in [0.5, 0.6) is 0 Å². The number of nitrogens with zero attached hydrogens (tertiary/aromatic N) is 1. The van der Waals surface area contributed by atoms with Crippen LogP contribution in [0.2, 0.25) is 0 Å². The molecule has 2 rings (SSSR count). The van der Waals surface area contributed by atoms with Crippen molar-refractivity contribution < 1.29 is 13.6 Å². The van der Waals surface area contributed by atoms with Crippen molar-refractivity contribution in [3.8, 4) is 0 Å². The summed E-state index contributed by atoms with van der Waals surface area (Å²) >= 11 is 1.55. The fourth-order valence-corrected chi connectivity index (χ4v) is 2.66. The zero-order valence-electron chi connectivity index (χ0n) is 8.37. The number of hydrogen-bond donors (Lipinski definition) is 1. The third-order valence-electron chi connectivity index (χ3n) is 2.29. The van der Waals surface area contributed by atoms with Crippen molar-refractivity contribution in [1.82, 2.24) is 4.98 Å². The molecule has 1 aromatic rings. The van der Waals surface area contributed by atoms with E-state index in [1.165, 1.54) is 6.07 Å². The predicted octanol–water partition coefficient (Wildman–Crippen LogP) is 2.19. The van der Waals surface area contributed by atoms with Crippen LogP contribution in [0.3, 0.4) is 0 Å². The van der Waals surface area contributed by atoms with E-state index in [9.17, 15) is 13.6 Å². The summed E-state index contributed by atoms with van der Waals surface area (Å²) in [5, 5.41) is 2.28. The number of thioether (sulfide) groups is 1. The monoisotopic (exact) mass is 244 g/mol. The van der Waals surface area contributed by atoms with Crippen LogP contribution in [-0.2, 0) is 4.79 Å². The molecule has 3 nitrogen and oxygen atoms in total. The van der Waals surface area contributed by atoms with Crippen LogP contribution < -0.4 is 5.32 Å². The summed E-state index contributed by atoms with van der Waals surface area (Å²) in [7, 11) is 0. The lowest BCUT2D eigenvalue weighted by Gasteiger charge is -2.09. The van der Waals surface area contributed by atoms with Gasteiger partial charge in [-0.25, -0.2) is 0 Å². The van der Waals surface area contributed by atoms with Crippen molar-refractivity contribution in [1.29, 1.82) is 0 Å². The van der Waals surface area contributed by atoms with E-state index in [0.29, 0.717) is 0 Å². The number of aromatic nitrogens is 1. The van der Waals surface area contributed by atoms with Gasteiger partial charge in [-0.1, -0.05) is 0 Å². The molecule has 1 fully saturated rings. The number of pyridine rings is 1. The first kappa shape index (κ1) is 11.3. The van der Waals surface area contributed by atoms with Gasteiger partial charge in [0.2, 0.25) is 17.8 Å². The van der Waals surface area contributed by atoms with Gasteiger partial charge in [-0.05, 0) is 30.7 Å². The second kappa shape index (κ2) is 4.78. The number of amides is 1. The number of carbonyl (C=O) groups is 1. The Bertz CT molecular complexity index is 408. The molecule has 2 heterocycles. The fraction of sp³-hybridized carbons (Fsp3) is 0.400. The second-order valence-electron chi connectivity index (χ2n) is 3.46. The number of hydrogen-bond acceptors (Lipinski definition) is 3. The Morgan fingerprint density at radius 2 is 2.31 bits per heavy atom. The summed E-state index contributed by atoms with van der Waals surface area (Å²) in [5.74, 6) is -1.18. The van der Waals surface area contributed by atoms with Gasteiger partial charge in [0.1, 0.15) is 0 Å². The first-order valence-corrected chi connectivity index (χ1v) is 5.96. The lowest BCUT2D eigenvalue weighted by molar-refractivity contribution is -0.115. The molecular weight excluding hydrogens is 234 g/mol. The van der Waals surface area contributed by atoms with Crippen molar-refractivity contribution >= 4 is 23.4 Å². The minimum atomic E-state index is -0.989. The molecule has 1 aliphatic rings. The van der Waals surface area contributed by atoms with Gasteiger partial charge in [0.15, 0.2) is 0 Å². The van der Waals surface area contributed by atoms with E-state index in [1.54, 1.807) is 11.8 Å². The smallest absolute Gasteiger partial charge is 0.239 e. The summed E-state index contributed by atoms with van der Waals surface area (Å²) in [6.07, 6.45) is 1.79. The lowest BCUT2D eigenvalue weighted by Crippen LogP contribution is -2.23. The zero-order valence-corrected chi connectivity index (χ0v) is 9.19. The molecule has 0 aromatic carbocycles. The molecule has 1 atom stereocenters. The molecule has 1 unspecified atom stereocenters. The van der Waals surface area contributed by atoms with E-state index >= 15 is 0 Å². The molecule has 1 saturated heterocycles. The molecule has 86 valence electrons. The number of carbonyl (C=O) groups excluding carboxylic acids is 1. The average Bonchev–Trinajstić information content (AvgIpc) is 2.75. The van der Waals surface area contributed by atoms with E-state index in [1.807, 2.05) is 0 Å². The number of anilines is 1. The number of rotatable bonds is 2. The molecule has 0 radical (unpaired) electrons. The number of halogens is 2. The molecule has 1 aliphatic heterocycles. The van der Waals surface area contributed by atoms with Crippen LogP contribution in [0.15, 0.2) is 12.1 Å². The van der Waals surface area contributed by atoms with Crippen LogP contribution in [0, 0.1) is 11.9 Å². The van der Waals surface area contributed by atoms with Crippen molar-refractivity contribution in [3.63, 3.8) is 0 Å². The van der Waals surface area contributed by atoms with E-state index in [-0.39, 0.29) is 16.8 Å². The highest BCUT2D eigenvalue weighted by molar-refractivity contribution is 8.00. The Morgan fingerprint density at radius 1 is 1.50 bits per heavy atom. The Balaban J connectivity index is 2.05. The quantitative estimate of drug-likeness (QED) is 0.811. The summed E-state index contributed by atoms with van der Waals surface area (Å²) in [6, 6.07) is 2.19. The second-order valence-corrected chi connectivity index (χ2v) is 4.77. The van der Waals surface area contributed by atoms with Crippen LogP contribution in [0.25, 0.3) is 0 Å². The van der Waals surface area contributed by atoms with E-state index in [4.69, 9.17) is 0 Å². The maximum absolute atomic E-state index is 13.1. The van der Waals surface area contributed by atoms with Gasteiger partial charge in [0.25, 0.3) is 0 Å². The fourth-order valence-electron chi connectivity index (χ4n) is 1.50. The molecule has 1 aromatic heterocycles. The molecule has 0 spiro atoms. The molecule has 1 amide bonds. The molecular formula is C10H10F2N2OS. The highest BCUT2D eigenvalue weighted by atomic mass is 32.2. The summed E-state index contributed by atoms with van der Waals surface area (Å²) in [6.45, 7) is 0. The zero-order chi connectivity index (χ0) is 11.5. The molecule has 16 heavy (non-hydrogen) atoms. The highest BCUT2D eigenvalue weighted by Gasteiger charge is 2.24. The standard InChI is InChI=1S/C10H10F2N2OS/c11-8-4-3-6(9(12)14-8)13-10(15)7-2-1-5-16-7/h3-4,7H,1-2,5H2,(H,13,15). The normalized spacial score (nSPS) is 19.8. The van der Waals surface area contributed by atoms with Crippen molar-refractivity contribution in [3.05, 3.63) is 24.0 Å². The summed E-state index contributed by atoms with van der Waals surface area (Å²) in [4.78, 5) is 14.6. The topological polar surface area (TPSA) is 42.0 Å². The van der Waals surface area contributed by atoms with Crippen molar-refractivity contribution in [2.75, 3.05) is 11.1 Å². The largest absolute Gasteiger partial charge is 0.321 e. The summed E-state index contributed by atoms with van der Waals surface area (Å²) < 4.78 is 25.6. The Morgan fingerprint density at radius 3 is 2.94 bits per heavy atom. The van der Waals surface area contributed by atoms with Gasteiger partial charge in [-0.2, -0.15) is 13.8 Å². The first-order chi connectivity index (χ1) is 7.66. The SMILES string of the molecule is O=C(Nc1ccc(F)nc1F)C1CCCS1. The van der Waals surface area contributed by atoms with Crippen LogP contribution in [0.4, 0.5) is 14.5 Å². The molecule has 0 saturated carbocycles. The molecule has 6 heteroatoms. The molecule has 0 aliphatic carbocycles. The van der Waals surface area contributed by atoms with Gasteiger partial charge in [0.05, 0.1) is 10.9 Å². The van der Waals surface area contributed by atoms with Gasteiger partial charge in [-0.15, -0.1) is 11.8 Å². The van der Waals surface area contributed by atoms with Gasteiger partial charge in [-0.3, -0.25) is 4.79 Å². The van der Waals surface area contributed by atoms with E-state index in [0.717, 1.165) is 24.7 Å². The average molecular weight is 244 g/mol. The van der Waals surface area contributed by atoms with Gasteiger partial charge < -0.3 is 5.32 Å². The van der Waals surface area contributed by atoms with Crippen molar-refractivity contribution in [2.24, 2.45) is 0 Å².